The van der Waals surface area contributed by atoms with Crippen molar-refractivity contribution in [1.82, 2.24) is 4.90 Å². The lowest BCUT2D eigenvalue weighted by Crippen LogP contribution is -2.48. The summed E-state index contributed by atoms with van der Waals surface area (Å²) >= 11 is 1.29. The second kappa shape index (κ2) is 7.54. The zero-order chi connectivity index (χ0) is 17.8. The zero-order valence-corrected chi connectivity index (χ0v) is 14.5. The molecule has 3 rings (SSSR count). The largest absolute Gasteiger partial charge is 0.508 e. The van der Waals surface area contributed by atoms with E-state index in [0.29, 0.717) is 10.6 Å². The van der Waals surface area contributed by atoms with E-state index in [1.807, 2.05) is 12.1 Å². The Morgan fingerprint density at radius 1 is 1.12 bits per heavy atom. The second-order valence-electron chi connectivity index (χ2n) is 5.86. The Labute approximate surface area is 149 Å². The van der Waals surface area contributed by atoms with Gasteiger partial charge in [0.05, 0.1) is 12.1 Å². The van der Waals surface area contributed by atoms with E-state index < -0.39 is 5.91 Å². The number of hydrogen-bond donors (Lipinski definition) is 3. The summed E-state index contributed by atoms with van der Waals surface area (Å²) in [5.74, 6) is -0.440. The van der Waals surface area contributed by atoms with Gasteiger partial charge in [0.25, 0.3) is 5.91 Å². The molecule has 1 aliphatic rings. The number of amides is 2. The van der Waals surface area contributed by atoms with Gasteiger partial charge in [-0.3, -0.25) is 14.5 Å². The number of rotatable bonds is 5. The average molecular weight is 360 g/mol. The first kappa shape index (κ1) is 17.2. The number of benzene rings is 1. The lowest BCUT2D eigenvalue weighted by atomic mass is 10.2. The normalized spacial score (nSPS) is 15.1. The molecule has 132 valence electrons. The molecule has 0 atom stereocenters. The van der Waals surface area contributed by atoms with E-state index >= 15 is 0 Å². The number of nitrogens with two attached hydrogens (primary N) is 1. The van der Waals surface area contributed by atoms with Crippen LogP contribution in [0.4, 0.5) is 10.7 Å². The fourth-order valence-electron chi connectivity index (χ4n) is 2.80. The number of hydrogen-bond acceptors (Lipinski definition) is 6. The van der Waals surface area contributed by atoms with Crippen LogP contribution < -0.4 is 16.0 Å². The molecule has 1 aromatic heterocycles. The van der Waals surface area contributed by atoms with Crippen LogP contribution in [-0.2, 0) is 4.79 Å². The van der Waals surface area contributed by atoms with Gasteiger partial charge in [-0.15, -0.1) is 11.3 Å². The van der Waals surface area contributed by atoms with E-state index in [1.165, 1.54) is 11.3 Å². The molecule has 4 N–H and O–H groups in total. The average Bonchev–Trinajstić information content (AvgIpc) is 3.04. The molecule has 2 amide bonds. The van der Waals surface area contributed by atoms with Crippen LogP contribution in [0.25, 0.3) is 0 Å². The zero-order valence-electron chi connectivity index (χ0n) is 13.6. The highest BCUT2D eigenvalue weighted by molar-refractivity contribution is 7.14. The molecule has 2 heterocycles. The van der Waals surface area contributed by atoms with Crippen molar-refractivity contribution in [3.63, 3.8) is 0 Å². The Morgan fingerprint density at radius 3 is 2.44 bits per heavy atom. The summed E-state index contributed by atoms with van der Waals surface area (Å²) in [6.07, 6.45) is 0. The lowest BCUT2D eigenvalue weighted by molar-refractivity contribution is -0.117. The van der Waals surface area contributed by atoms with Gasteiger partial charge in [-0.25, -0.2) is 0 Å². The molecule has 2 aromatic rings. The van der Waals surface area contributed by atoms with E-state index in [2.05, 4.69) is 15.1 Å². The third kappa shape index (κ3) is 4.28. The third-order valence-electron chi connectivity index (χ3n) is 4.14. The monoisotopic (exact) mass is 360 g/mol. The van der Waals surface area contributed by atoms with E-state index in [0.717, 1.165) is 31.9 Å². The van der Waals surface area contributed by atoms with Crippen molar-refractivity contribution >= 4 is 33.8 Å². The van der Waals surface area contributed by atoms with Gasteiger partial charge in [0.2, 0.25) is 5.91 Å². The molecule has 0 bridgehead atoms. The van der Waals surface area contributed by atoms with E-state index in [-0.39, 0.29) is 18.2 Å². The maximum atomic E-state index is 12.2. The first-order valence-corrected chi connectivity index (χ1v) is 8.84. The number of piperazine rings is 1. The topological polar surface area (TPSA) is 98.9 Å². The Kier molecular flexibility index (Phi) is 5.20. The molecule has 0 spiro atoms. The summed E-state index contributed by atoms with van der Waals surface area (Å²) in [6, 6.07) is 8.73. The second-order valence-corrected chi connectivity index (χ2v) is 6.77. The number of carbonyl (C=O) groups excluding carboxylic acids is 2. The standard InChI is InChI=1S/C17H20N4O3S/c18-16(24)14-5-10-25-17(14)19-15(23)11-20-6-8-21(9-7-20)12-1-3-13(22)4-2-12/h1-5,10,22H,6-9,11H2,(H2,18,24)(H,19,23). The summed E-state index contributed by atoms with van der Waals surface area (Å²) in [5, 5.41) is 14.3. The van der Waals surface area contributed by atoms with Crippen LogP contribution in [0, 0.1) is 0 Å². The summed E-state index contributed by atoms with van der Waals surface area (Å²) in [7, 11) is 0. The quantitative estimate of drug-likeness (QED) is 0.747. The number of phenols is 1. The van der Waals surface area contributed by atoms with Gasteiger partial charge in [-0.05, 0) is 35.7 Å². The van der Waals surface area contributed by atoms with Crippen LogP contribution in [0.1, 0.15) is 10.4 Å². The SMILES string of the molecule is NC(=O)c1ccsc1NC(=O)CN1CCN(c2ccc(O)cc2)CC1. The molecular formula is C17H20N4O3S. The molecule has 0 radical (unpaired) electrons. The highest BCUT2D eigenvalue weighted by Crippen LogP contribution is 2.23. The van der Waals surface area contributed by atoms with Crippen molar-refractivity contribution in [3.05, 3.63) is 41.3 Å². The van der Waals surface area contributed by atoms with Gasteiger partial charge < -0.3 is 21.1 Å². The van der Waals surface area contributed by atoms with Crippen molar-refractivity contribution in [2.24, 2.45) is 5.73 Å². The summed E-state index contributed by atoms with van der Waals surface area (Å²) in [4.78, 5) is 27.8. The maximum Gasteiger partial charge on any atom is 0.251 e. The lowest BCUT2D eigenvalue weighted by Gasteiger charge is -2.35. The molecule has 1 aromatic carbocycles. The number of anilines is 2. The van der Waals surface area contributed by atoms with E-state index in [9.17, 15) is 14.7 Å². The molecule has 8 heteroatoms. The fraction of sp³-hybridized carbons (Fsp3) is 0.294. The number of nitrogens with one attached hydrogen (secondary N) is 1. The molecule has 1 fully saturated rings. The minimum absolute atomic E-state index is 0.150. The molecule has 0 aliphatic carbocycles. The number of phenolic OH excluding ortho intramolecular Hbond substituents is 1. The maximum absolute atomic E-state index is 12.2. The Balaban J connectivity index is 1.50. The number of thiophene rings is 1. The summed E-state index contributed by atoms with van der Waals surface area (Å²) in [5.41, 5.74) is 6.69. The first-order chi connectivity index (χ1) is 12.0. The minimum Gasteiger partial charge on any atom is -0.508 e. The minimum atomic E-state index is -0.543. The Hall–Kier alpha value is -2.58. The van der Waals surface area contributed by atoms with Crippen molar-refractivity contribution < 1.29 is 14.7 Å². The molecule has 1 saturated heterocycles. The van der Waals surface area contributed by atoms with Crippen LogP contribution in [-0.4, -0.2) is 54.5 Å². The van der Waals surface area contributed by atoms with Crippen molar-refractivity contribution in [2.45, 2.75) is 0 Å². The molecule has 0 saturated carbocycles. The number of carbonyl (C=O) groups is 2. The van der Waals surface area contributed by atoms with Crippen LogP contribution in [0.3, 0.4) is 0 Å². The van der Waals surface area contributed by atoms with Crippen LogP contribution in [0.2, 0.25) is 0 Å². The van der Waals surface area contributed by atoms with E-state index in [4.69, 9.17) is 5.73 Å². The van der Waals surface area contributed by atoms with Crippen LogP contribution in [0.5, 0.6) is 5.75 Å². The Morgan fingerprint density at radius 2 is 1.80 bits per heavy atom. The van der Waals surface area contributed by atoms with Crippen molar-refractivity contribution in [1.29, 1.82) is 0 Å². The van der Waals surface area contributed by atoms with Gasteiger partial charge in [-0.2, -0.15) is 0 Å². The predicted molar refractivity (Wildman–Crippen MR) is 98.2 cm³/mol. The first-order valence-electron chi connectivity index (χ1n) is 7.96. The predicted octanol–water partition coefficient (Wildman–Crippen LogP) is 1.31. The van der Waals surface area contributed by atoms with Gasteiger partial charge in [0.15, 0.2) is 0 Å². The molecule has 25 heavy (non-hydrogen) atoms. The van der Waals surface area contributed by atoms with Crippen LogP contribution in [0.15, 0.2) is 35.7 Å². The third-order valence-corrected chi connectivity index (χ3v) is 4.97. The smallest absolute Gasteiger partial charge is 0.251 e. The summed E-state index contributed by atoms with van der Waals surface area (Å²) in [6.45, 7) is 3.43. The number of aromatic hydroxyl groups is 1. The molecular weight excluding hydrogens is 340 g/mol. The van der Waals surface area contributed by atoms with Crippen molar-refractivity contribution in [2.75, 3.05) is 42.9 Å². The van der Waals surface area contributed by atoms with Gasteiger partial charge in [-0.1, -0.05) is 0 Å². The molecule has 7 nitrogen and oxygen atoms in total. The van der Waals surface area contributed by atoms with Gasteiger partial charge >= 0.3 is 0 Å². The van der Waals surface area contributed by atoms with E-state index in [1.54, 1.807) is 23.6 Å². The summed E-state index contributed by atoms with van der Waals surface area (Å²) < 4.78 is 0. The molecule has 0 unspecified atom stereocenters. The van der Waals surface area contributed by atoms with Crippen molar-refractivity contribution in [3.8, 4) is 5.75 Å². The Bertz CT molecular complexity index is 752. The highest BCUT2D eigenvalue weighted by Gasteiger charge is 2.20. The van der Waals surface area contributed by atoms with Gasteiger partial charge in [0.1, 0.15) is 10.8 Å². The highest BCUT2D eigenvalue weighted by atomic mass is 32.1. The molecule has 1 aliphatic heterocycles. The number of nitrogens with zero attached hydrogens (tertiary/aromatic N) is 2. The fourth-order valence-corrected chi connectivity index (χ4v) is 3.61. The number of primary amides is 1. The van der Waals surface area contributed by atoms with Gasteiger partial charge in [0, 0.05) is 31.9 Å². The van der Waals surface area contributed by atoms with Crippen LogP contribution >= 0.6 is 11.3 Å².